The number of benzene rings is 3. The van der Waals surface area contributed by atoms with Crippen LogP contribution in [0.25, 0.3) is 28.0 Å². The van der Waals surface area contributed by atoms with Crippen LogP contribution in [0.3, 0.4) is 0 Å². The summed E-state index contributed by atoms with van der Waals surface area (Å²) in [6, 6.07) is 28.6. The van der Waals surface area contributed by atoms with Crippen molar-refractivity contribution in [1.82, 2.24) is 0 Å². The van der Waals surface area contributed by atoms with E-state index in [9.17, 15) is 0 Å². The van der Waals surface area contributed by atoms with Crippen LogP contribution in [0.1, 0.15) is 35.1 Å². The average Bonchev–Trinajstić information content (AvgIpc) is 3.17. The first-order valence-corrected chi connectivity index (χ1v) is 9.25. The van der Waals surface area contributed by atoms with Gasteiger partial charge in [0.1, 0.15) is 0 Å². The van der Waals surface area contributed by atoms with Gasteiger partial charge in [-0.2, -0.15) is 0 Å². The maximum Gasteiger partial charge on any atom is 3.00 e. The molecule has 0 aliphatic heterocycles. The third kappa shape index (κ3) is 3.94. The van der Waals surface area contributed by atoms with Gasteiger partial charge in [-0.1, -0.05) is 84.8 Å². The minimum atomic E-state index is 0. The first-order valence-electron chi connectivity index (χ1n) is 9.25. The van der Waals surface area contributed by atoms with Crippen LogP contribution in [-0.4, -0.2) is 0 Å². The zero-order chi connectivity index (χ0) is 17.7. The molecule has 0 fully saturated rings. The maximum atomic E-state index is 2.35. The second kappa shape index (κ2) is 9.52. The number of fused-ring (bicyclic) bond motifs is 2. The normalized spacial score (nSPS) is 14.3. The molecule has 1 atom stereocenters. The summed E-state index contributed by atoms with van der Waals surface area (Å²) in [4.78, 5) is 0. The van der Waals surface area contributed by atoms with Crippen LogP contribution >= 0.6 is 0 Å². The van der Waals surface area contributed by atoms with Crippen LogP contribution in [0, 0.1) is 6.92 Å². The molecule has 0 aromatic heterocycles. The van der Waals surface area contributed by atoms with E-state index < -0.39 is 0 Å². The molecule has 0 amide bonds. The molecule has 29 heavy (non-hydrogen) atoms. The van der Waals surface area contributed by atoms with Gasteiger partial charge >= 0.3 is 26.2 Å². The van der Waals surface area contributed by atoms with Gasteiger partial charge in [0.05, 0.1) is 0 Å². The molecule has 4 aromatic rings. The summed E-state index contributed by atoms with van der Waals surface area (Å²) in [5.74, 6) is 0.355. The number of hydrogen-bond donors (Lipinski definition) is 0. The van der Waals surface area contributed by atoms with Crippen LogP contribution in [-0.2, 0) is 26.2 Å². The molecule has 4 aromatic carbocycles. The molecular formula is C26H21Cl2Zr. The summed E-state index contributed by atoms with van der Waals surface area (Å²) < 4.78 is 0. The van der Waals surface area contributed by atoms with Crippen molar-refractivity contribution in [1.29, 1.82) is 0 Å². The van der Waals surface area contributed by atoms with Gasteiger partial charge in [0, 0.05) is 0 Å². The minimum absolute atomic E-state index is 0. The van der Waals surface area contributed by atoms with Crippen molar-refractivity contribution in [2.45, 2.75) is 19.8 Å². The molecule has 1 unspecified atom stereocenters. The zero-order valence-corrected chi connectivity index (χ0v) is 20.4. The molecule has 5 rings (SSSR count). The van der Waals surface area contributed by atoms with Crippen molar-refractivity contribution < 1.29 is 51.0 Å². The zero-order valence-electron chi connectivity index (χ0n) is 16.4. The largest absolute Gasteiger partial charge is 3.00 e. The van der Waals surface area contributed by atoms with E-state index in [-0.39, 0.29) is 51.0 Å². The Kier molecular flexibility index (Phi) is 7.80. The van der Waals surface area contributed by atoms with E-state index in [1.54, 1.807) is 0 Å². The van der Waals surface area contributed by atoms with Gasteiger partial charge in [-0.15, -0.1) is 40.1 Å². The number of halogens is 2. The maximum absolute atomic E-state index is 2.35. The monoisotopic (exact) mass is 493 g/mol. The Morgan fingerprint density at radius 3 is 2.21 bits per heavy atom. The smallest absolute Gasteiger partial charge is 1.00 e. The summed E-state index contributed by atoms with van der Waals surface area (Å²) >= 11 is 0. The quantitative estimate of drug-likeness (QED) is 0.366. The van der Waals surface area contributed by atoms with Crippen LogP contribution in [0.2, 0.25) is 0 Å². The SMILES string of the molecule is CC1=Cc2ccccc2C1c1c(C)[cH-]c2cccc(-c3ccccc3)c12.[Cl-].[Cl-].[Zr+3]. The van der Waals surface area contributed by atoms with Crippen LogP contribution < -0.4 is 24.8 Å². The average molecular weight is 496 g/mol. The summed E-state index contributed by atoms with van der Waals surface area (Å²) in [6.07, 6.45) is 2.35. The van der Waals surface area contributed by atoms with Crippen molar-refractivity contribution in [3.05, 3.63) is 107 Å². The van der Waals surface area contributed by atoms with Crippen molar-refractivity contribution in [3.8, 4) is 11.1 Å². The van der Waals surface area contributed by atoms with Gasteiger partial charge in [0.15, 0.2) is 0 Å². The molecular weight excluding hydrogens is 474 g/mol. The molecule has 0 heterocycles. The Morgan fingerprint density at radius 1 is 0.759 bits per heavy atom. The van der Waals surface area contributed by atoms with E-state index in [1.807, 2.05) is 0 Å². The van der Waals surface area contributed by atoms with E-state index in [1.165, 1.54) is 49.7 Å². The fourth-order valence-corrected chi connectivity index (χ4v) is 4.59. The van der Waals surface area contributed by atoms with Crippen LogP contribution in [0.4, 0.5) is 0 Å². The van der Waals surface area contributed by atoms with E-state index in [0.717, 1.165) is 0 Å². The van der Waals surface area contributed by atoms with E-state index >= 15 is 0 Å². The van der Waals surface area contributed by atoms with Crippen molar-refractivity contribution in [2.75, 3.05) is 0 Å². The molecule has 143 valence electrons. The van der Waals surface area contributed by atoms with E-state index in [0.29, 0.717) is 5.92 Å². The molecule has 1 radical (unpaired) electrons. The van der Waals surface area contributed by atoms with Gasteiger partial charge in [0.25, 0.3) is 0 Å². The number of aryl methyl sites for hydroxylation is 1. The van der Waals surface area contributed by atoms with E-state index in [4.69, 9.17) is 0 Å². The number of allylic oxidation sites excluding steroid dienone is 1. The van der Waals surface area contributed by atoms with Crippen molar-refractivity contribution in [3.63, 3.8) is 0 Å². The molecule has 0 saturated heterocycles. The Bertz CT molecular complexity index is 1160. The Labute approximate surface area is 204 Å². The summed E-state index contributed by atoms with van der Waals surface area (Å²) in [6.45, 7) is 4.53. The molecule has 1 aliphatic rings. The third-order valence-electron chi connectivity index (χ3n) is 5.68. The predicted octanol–water partition coefficient (Wildman–Crippen LogP) is 1.09. The molecule has 1 aliphatic carbocycles. The van der Waals surface area contributed by atoms with Crippen LogP contribution in [0.15, 0.2) is 84.4 Å². The first kappa shape index (κ1) is 23.7. The topological polar surface area (TPSA) is 0 Å². The fraction of sp³-hybridized carbons (Fsp3) is 0.115. The summed E-state index contributed by atoms with van der Waals surface area (Å²) in [5.41, 5.74) is 9.71. The van der Waals surface area contributed by atoms with Gasteiger partial charge in [-0.25, -0.2) is 0 Å². The Balaban J connectivity index is 0.000001000. The molecule has 3 heteroatoms. The second-order valence-electron chi connectivity index (χ2n) is 7.33. The minimum Gasteiger partial charge on any atom is -1.00 e. The van der Waals surface area contributed by atoms with Gasteiger partial charge < -0.3 is 24.8 Å². The van der Waals surface area contributed by atoms with Gasteiger partial charge in [-0.3, -0.25) is 0 Å². The predicted molar refractivity (Wildman–Crippen MR) is 112 cm³/mol. The standard InChI is InChI=1S/C26H21.2ClH.Zr/c1-17-15-20-11-6-7-13-23(20)24(17)25-18(2)16-21-12-8-14-22(26(21)25)19-9-4-3-5-10-19;;;/h3-16,24H,1-2H3;2*1H;/q-1;;;+3/p-2. The fourth-order valence-electron chi connectivity index (χ4n) is 4.59. The Morgan fingerprint density at radius 2 is 1.45 bits per heavy atom. The second-order valence-corrected chi connectivity index (χ2v) is 7.33. The third-order valence-corrected chi connectivity index (χ3v) is 5.68. The molecule has 0 nitrogen and oxygen atoms in total. The molecule has 0 N–H and O–H groups in total. The summed E-state index contributed by atoms with van der Waals surface area (Å²) in [7, 11) is 0. The number of rotatable bonds is 2. The number of hydrogen-bond acceptors (Lipinski definition) is 0. The van der Waals surface area contributed by atoms with Crippen molar-refractivity contribution >= 4 is 16.8 Å². The Hall–Kier alpha value is -1.53. The van der Waals surface area contributed by atoms with Crippen LogP contribution in [0.5, 0.6) is 0 Å². The molecule has 0 spiro atoms. The molecule has 0 saturated carbocycles. The molecule has 0 bridgehead atoms. The van der Waals surface area contributed by atoms with Gasteiger partial charge in [-0.05, 0) is 29.5 Å². The van der Waals surface area contributed by atoms with Gasteiger partial charge in [0.2, 0.25) is 0 Å². The van der Waals surface area contributed by atoms with E-state index in [2.05, 4.69) is 98.8 Å². The first-order chi connectivity index (χ1) is 12.7. The summed E-state index contributed by atoms with van der Waals surface area (Å²) in [5, 5.41) is 2.75. The van der Waals surface area contributed by atoms with Crippen molar-refractivity contribution in [2.24, 2.45) is 0 Å².